The summed E-state index contributed by atoms with van der Waals surface area (Å²) in [5.74, 6) is 0.961. The van der Waals surface area contributed by atoms with Crippen LogP contribution in [0.5, 0.6) is 0 Å². The number of rotatable bonds is 8. The highest BCUT2D eigenvalue weighted by Gasteiger charge is 2.23. The molecule has 0 aliphatic heterocycles. The lowest BCUT2D eigenvalue weighted by Gasteiger charge is -2.23. The molecule has 1 aliphatic rings. The second-order valence-corrected chi connectivity index (χ2v) is 6.03. The van der Waals surface area contributed by atoms with E-state index in [9.17, 15) is 0 Å². The van der Waals surface area contributed by atoms with Gasteiger partial charge in [-0.3, -0.25) is 0 Å². The van der Waals surface area contributed by atoms with Crippen molar-refractivity contribution in [2.45, 2.75) is 32.2 Å². The average molecular weight is 281 g/mol. The van der Waals surface area contributed by atoms with Gasteiger partial charge in [0.1, 0.15) is 0 Å². The molecule has 0 radical (unpaired) electrons. The van der Waals surface area contributed by atoms with Crippen molar-refractivity contribution in [1.82, 2.24) is 10.2 Å². The molecule has 0 aromatic heterocycles. The molecule has 2 nitrogen and oxygen atoms in total. The summed E-state index contributed by atoms with van der Waals surface area (Å²) >= 11 is 6.31. The predicted molar refractivity (Wildman–Crippen MR) is 82.7 cm³/mol. The van der Waals surface area contributed by atoms with Crippen LogP contribution < -0.4 is 5.32 Å². The first kappa shape index (κ1) is 14.8. The second-order valence-electron chi connectivity index (χ2n) is 5.63. The lowest BCUT2D eigenvalue weighted by Crippen LogP contribution is -2.28. The molecule has 0 amide bonds. The highest BCUT2D eigenvalue weighted by atomic mass is 35.5. The van der Waals surface area contributed by atoms with Gasteiger partial charge in [-0.05, 0) is 56.9 Å². The van der Waals surface area contributed by atoms with E-state index in [0.29, 0.717) is 6.04 Å². The van der Waals surface area contributed by atoms with Crippen LogP contribution in [0.2, 0.25) is 5.02 Å². The van der Waals surface area contributed by atoms with E-state index < -0.39 is 0 Å². The quantitative estimate of drug-likeness (QED) is 0.781. The smallest absolute Gasteiger partial charge is 0.0453 e. The maximum Gasteiger partial charge on any atom is 0.0453 e. The van der Waals surface area contributed by atoms with Crippen LogP contribution in [-0.2, 0) is 0 Å². The van der Waals surface area contributed by atoms with Crippen LogP contribution in [0.4, 0.5) is 0 Å². The third-order valence-corrected chi connectivity index (χ3v) is 4.14. The molecule has 3 heteroatoms. The summed E-state index contributed by atoms with van der Waals surface area (Å²) in [6.07, 6.45) is 3.96. The summed E-state index contributed by atoms with van der Waals surface area (Å²) in [6, 6.07) is 8.54. The van der Waals surface area contributed by atoms with E-state index in [0.717, 1.165) is 30.5 Å². The molecule has 19 heavy (non-hydrogen) atoms. The Hall–Kier alpha value is -0.570. The summed E-state index contributed by atoms with van der Waals surface area (Å²) in [6.45, 7) is 5.50. The van der Waals surface area contributed by atoms with E-state index in [1.54, 1.807) is 0 Å². The average Bonchev–Trinajstić information content (AvgIpc) is 3.19. The van der Waals surface area contributed by atoms with Crippen LogP contribution in [0.3, 0.4) is 0 Å². The topological polar surface area (TPSA) is 15.3 Å². The van der Waals surface area contributed by atoms with E-state index >= 15 is 0 Å². The monoisotopic (exact) mass is 280 g/mol. The Balaban J connectivity index is 1.89. The van der Waals surface area contributed by atoms with Crippen LogP contribution in [0.15, 0.2) is 24.3 Å². The maximum absolute atomic E-state index is 6.31. The molecule has 1 aromatic rings. The number of hydrogen-bond donors (Lipinski definition) is 1. The van der Waals surface area contributed by atoms with E-state index in [2.05, 4.69) is 36.3 Å². The number of halogens is 1. The molecule has 2 rings (SSSR count). The zero-order chi connectivity index (χ0) is 13.7. The molecule has 1 N–H and O–H groups in total. The summed E-state index contributed by atoms with van der Waals surface area (Å²) in [4.78, 5) is 2.46. The second kappa shape index (κ2) is 7.28. The molecular formula is C16H25ClN2. The van der Waals surface area contributed by atoms with Crippen molar-refractivity contribution in [3.05, 3.63) is 34.9 Å². The van der Waals surface area contributed by atoms with Gasteiger partial charge in [-0.15, -0.1) is 0 Å². The van der Waals surface area contributed by atoms with E-state index in [1.165, 1.54) is 24.9 Å². The van der Waals surface area contributed by atoms with Gasteiger partial charge < -0.3 is 10.2 Å². The fourth-order valence-electron chi connectivity index (χ4n) is 2.55. The van der Waals surface area contributed by atoms with Gasteiger partial charge in [0.25, 0.3) is 0 Å². The lowest BCUT2D eigenvalue weighted by molar-refractivity contribution is 0.297. The van der Waals surface area contributed by atoms with Crippen molar-refractivity contribution >= 4 is 11.6 Å². The number of nitrogens with zero attached hydrogens (tertiary/aromatic N) is 1. The SMILES string of the molecule is CCNC(CCN(C)CC1CC1)c1ccccc1Cl. The molecule has 1 atom stereocenters. The summed E-state index contributed by atoms with van der Waals surface area (Å²) in [5, 5.41) is 4.43. The molecule has 0 spiro atoms. The summed E-state index contributed by atoms with van der Waals surface area (Å²) < 4.78 is 0. The molecule has 1 fully saturated rings. The van der Waals surface area contributed by atoms with Gasteiger partial charge in [-0.2, -0.15) is 0 Å². The van der Waals surface area contributed by atoms with Crippen LogP contribution in [0, 0.1) is 5.92 Å². The van der Waals surface area contributed by atoms with Crippen LogP contribution in [0.1, 0.15) is 37.8 Å². The largest absolute Gasteiger partial charge is 0.310 e. The molecule has 1 aliphatic carbocycles. The standard InChI is InChI=1S/C16H25ClN2/c1-3-18-16(14-6-4-5-7-15(14)17)10-11-19(2)12-13-8-9-13/h4-7,13,16,18H,3,8-12H2,1-2H3. The predicted octanol–water partition coefficient (Wildman–Crippen LogP) is 3.72. The van der Waals surface area contributed by atoms with Crippen LogP contribution >= 0.6 is 11.6 Å². The van der Waals surface area contributed by atoms with Crippen molar-refractivity contribution in [1.29, 1.82) is 0 Å². The third-order valence-electron chi connectivity index (χ3n) is 3.80. The zero-order valence-corrected chi connectivity index (χ0v) is 12.8. The van der Waals surface area contributed by atoms with Gasteiger partial charge in [0.15, 0.2) is 0 Å². The van der Waals surface area contributed by atoms with Crippen molar-refractivity contribution in [2.75, 3.05) is 26.7 Å². The minimum Gasteiger partial charge on any atom is -0.310 e. The fourth-order valence-corrected chi connectivity index (χ4v) is 2.82. The third kappa shape index (κ3) is 4.79. The molecule has 1 unspecified atom stereocenters. The van der Waals surface area contributed by atoms with E-state index in [1.807, 2.05) is 12.1 Å². The Morgan fingerprint density at radius 3 is 2.74 bits per heavy atom. The lowest BCUT2D eigenvalue weighted by atomic mass is 10.0. The zero-order valence-electron chi connectivity index (χ0n) is 12.0. The Labute approximate surface area is 122 Å². The first-order valence-corrected chi connectivity index (χ1v) is 7.74. The van der Waals surface area contributed by atoms with Gasteiger partial charge in [0, 0.05) is 17.6 Å². The van der Waals surface area contributed by atoms with Crippen molar-refractivity contribution < 1.29 is 0 Å². The maximum atomic E-state index is 6.31. The van der Waals surface area contributed by atoms with E-state index in [-0.39, 0.29) is 0 Å². The van der Waals surface area contributed by atoms with Crippen molar-refractivity contribution in [3.63, 3.8) is 0 Å². The molecule has 1 saturated carbocycles. The molecule has 1 aromatic carbocycles. The first-order valence-electron chi connectivity index (χ1n) is 7.37. The number of nitrogens with one attached hydrogen (secondary N) is 1. The molecule has 106 valence electrons. The normalized spacial score (nSPS) is 16.8. The minimum atomic E-state index is 0.361. The molecule has 0 saturated heterocycles. The van der Waals surface area contributed by atoms with Gasteiger partial charge >= 0.3 is 0 Å². The van der Waals surface area contributed by atoms with Gasteiger partial charge in [-0.25, -0.2) is 0 Å². The van der Waals surface area contributed by atoms with Gasteiger partial charge in [-0.1, -0.05) is 36.7 Å². The van der Waals surface area contributed by atoms with Crippen LogP contribution in [0.25, 0.3) is 0 Å². The van der Waals surface area contributed by atoms with Crippen LogP contribution in [-0.4, -0.2) is 31.6 Å². The number of benzene rings is 1. The Morgan fingerprint density at radius 1 is 1.37 bits per heavy atom. The Kier molecular flexibility index (Phi) is 5.68. The number of hydrogen-bond acceptors (Lipinski definition) is 2. The van der Waals surface area contributed by atoms with E-state index in [4.69, 9.17) is 11.6 Å². The Morgan fingerprint density at radius 2 is 2.11 bits per heavy atom. The Bertz CT molecular complexity index is 390. The molecule has 0 heterocycles. The molecular weight excluding hydrogens is 256 g/mol. The van der Waals surface area contributed by atoms with Gasteiger partial charge in [0.05, 0.1) is 0 Å². The highest BCUT2D eigenvalue weighted by Crippen LogP contribution is 2.30. The van der Waals surface area contributed by atoms with Gasteiger partial charge in [0.2, 0.25) is 0 Å². The highest BCUT2D eigenvalue weighted by molar-refractivity contribution is 6.31. The molecule has 0 bridgehead atoms. The first-order chi connectivity index (χ1) is 9.20. The summed E-state index contributed by atoms with van der Waals surface area (Å²) in [5.41, 5.74) is 1.23. The van der Waals surface area contributed by atoms with Crippen molar-refractivity contribution in [3.8, 4) is 0 Å². The fraction of sp³-hybridized carbons (Fsp3) is 0.625. The summed E-state index contributed by atoms with van der Waals surface area (Å²) in [7, 11) is 2.23. The van der Waals surface area contributed by atoms with Crippen molar-refractivity contribution in [2.24, 2.45) is 5.92 Å². The minimum absolute atomic E-state index is 0.361.